The van der Waals surface area contributed by atoms with Crippen LogP contribution in [0.5, 0.6) is 0 Å². The van der Waals surface area contributed by atoms with Crippen molar-refractivity contribution in [1.82, 2.24) is 10.3 Å². The number of hydrogen-bond acceptors (Lipinski definition) is 4. The average molecular weight is 367 g/mol. The fourth-order valence-electron chi connectivity index (χ4n) is 3.30. The number of ketones is 2. The van der Waals surface area contributed by atoms with Gasteiger partial charge in [-0.05, 0) is 64.3 Å². The van der Waals surface area contributed by atoms with Crippen LogP contribution in [0.1, 0.15) is 69.2 Å². The van der Waals surface area contributed by atoms with Crippen molar-refractivity contribution < 1.29 is 14.4 Å². The van der Waals surface area contributed by atoms with Crippen molar-refractivity contribution in [2.75, 3.05) is 5.32 Å². The lowest BCUT2D eigenvalue weighted by molar-refractivity contribution is 0.0948. The van der Waals surface area contributed by atoms with Crippen molar-refractivity contribution in [3.8, 4) is 0 Å². The van der Waals surface area contributed by atoms with Gasteiger partial charge in [-0.1, -0.05) is 6.07 Å². The predicted octanol–water partition coefficient (Wildman–Crippen LogP) is 3.41. The van der Waals surface area contributed by atoms with Crippen LogP contribution >= 0.6 is 0 Å². The van der Waals surface area contributed by atoms with E-state index >= 15 is 0 Å². The van der Waals surface area contributed by atoms with Crippen LogP contribution in [0, 0.1) is 13.8 Å². The molecule has 1 atom stereocenters. The molecule has 27 heavy (non-hydrogen) atoms. The molecule has 6 nitrogen and oxygen atoms in total. The van der Waals surface area contributed by atoms with Crippen molar-refractivity contribution in [2.24, 2.45) is 0 Å². The first-order valence-electron chi connectivity index (χ1n) is 9.19. The predicted molar refractivity (Wildman–Crippen MR) is 105 cm³/mol. The number of rotatable bonds is 7. The van der Waals surface area contributed by atoms with E-state index in [9.17, 15) is 14.4 Å². The largest absolute Gasteiger partial charge is 0.375 e. The number of aryl methyl sites for hydroxylation is 1. The van der Waals surface area contributed by atoms with Crippen molar-refractivity contribution in [3.05, 3.63) is 52.3 Å². The van der Waals surface area contributed by atoms with Crippen LogP contribution in [-0.2, 0) is 0 Å². The highest BCUT2D eigenvalue weighted by molar-refractivity contribution is 6.06. The van der Waals surface area contributed by atoms with E-state index in [0.717, 1.165) is 12.8 Å². The highest BCUT2D eigenvalue weighted by Gasteiger charge is 2.25. The Hall–Kier alpha value is -2.89. The minimum absolute atomic E-state index is 0.0599. The summed E-state index contributed by atoms with van der Waals surface area (Å²) < 4.78 is 0. The first-order valence-corrected chi connectivity index (χ1v) is 9.19. The summed E-state index contributed by atoms with van der Waals surface area (Å²) in [6.45, 7) is 6.84. The van der Waals surface area contributed by atoms with Crippen LogP contribution < -0.4 is 10.6 Å². The van der Waals surface area contributed by atoms with E-state index in [1.807, 2.05) is 6.07 Å². The Labute approximate surface area is 158 Å². The maximum absolute atomic E-state index is 12.8. The van der Waals surface area contributed by atoms with Gasteiger partial charge in [0, 0.05) is 28.6 Å². The van der Waals surface area contributed by atoms with Gasteiger partial charge in [0.05, 0.1) is 11.7 Å². The molecule has 2 aromatic rings. The van der Waals surface area contributed by atoms with Gasteiger partial charge in [-0.15, -0.1) is 0 Å². The van der Waals surface area contributed by atoms with Crippen LogP contribution in [0.4, 0.5) is 5.69 Å². The maximum Gasteiger partial charge on any atom is 0.251 e. The summed E-state index contributed by atoms with van der Waals surface area (Å²) in [5.74, 6) is -0.284. The number of benzene rings is 1. The fraction of sp³-hybridized carbons (Fsp3) is 0.381. The minimum atomic E-state index is -0.511. The summed E-state index contributed by atoms with van der Waals surface area (Å²) in [5.41, 5.74) is 3.67. The monoisotopic (exact) mass is 367 g/mol. The zero-order valence-electron chi connectivity index (χ0n) is 16.1. The number of hydrogen-bond donors (Lipinski definition) is 3. The number of amides is 1. The highest BCUT2D eigenvalue weighted by Crippen LogP contribution is 2.22. The Kier molecular flexibility index (Phi) is 5.17. The SMILES string of the molecule is CC(=O)c1c(C)[nH]c(C(=O)[C@@H](C)Nc2cccc(C(=O)NC3CC3)c2)c1C. The molecule has 1 amide bonds. The fourth-order valence-corrected chi connectivity index (χ4v) is 3.30. The molecule has 3 N–H and O–H groups in total. The Morgan fingerprint density at radius 1 is 1.19 bits per heavy atom. The van der Waals surface area contributed by atoms with E-state index < -0.39 is 6.04 Å². The number of aromatic nitrogens is 1. The summed E-state index contributed by atoms with van der Waals surface area (Å²) in [6.07, 6.45) is 2.07. The molecule has 1 aliphatic carbocycles. The number of H-pyrrole nitrogens is 1. The maximum atomic E-state index is 12.8. The molecule has 142 valence electrons. The molecule has 0 unspecified atom stereocenters. The van der Waals surface area contributed by atoms with E-state index in [1.54, 1.807) is 39.0 Å². The zero-order valence-corrected chi connectivity index (χ0v) is 16.1. The molecule has 1 saturated carbocycles. The Morgan fingerprint density at radius 3 is 2.48 bits per heavy atom. The van der Waals surface area contributed by atoms with Gasteiger partial charge in [-0.2, -0.15) is 0 Å². The molecule has 1 aliphatic rings. The lowest BCUT2D eigenvalue weighted by atomic mass is 10.0. The summed E-state index contributed by atoms with van der Waals surface area (Å²) in [5, 5.41) is 6.11. The number of carbonyl (C=O) groups excluding carboxylic acids is 3. The number of nitrogens with one attached hydrogen (secondary N) is 3. The summed E-state index contributed by atoms with van der Waals surface area (Å²) in [7, 11) is 0. The number of anilines is 1. The lowest BCUT2D eigenvalue weighted by Gasteiger charge is -2.15. The van der Waals surface area contributed by atoms with Crippen molar-refractivity contribution in [1.29, 1.82) is 0 Å². The Morgan fingerprint density at radius 2 is 1.89 bits per heavy atom. The van der Waals surface area contributed by atoms with Gasteiger partial charge in [0.15, 0.2) is 5.78 Å². The lowest BCUT2D eigenvalue weighted by Crippen LogP contribution is -2.28. The van der Waals surface area contributed by atoms with Crippen molar-refractivity contribution >= 4 is 23.2 Å². The van der Waals surface area contributed by atoms with Gasteiger partial charge in [-0.25, -0.2) is 0 Å². The third-order valence-electron chi connectivity index (χ3n) is 4.85. The third-order valence-corrected chi connectivity index (χ3v) is 4.85. The molecular formula is C21H25N3O3. The van der Waals surface area contributed by atoms with Crippen molar-refractivity contribution in [3.63, 3.8) is 0 Å². The summed E-state index contributed by atoms with van der Waals surface area (Å²) in [6, 6.07) is 6.90. The first kappa shape index (κ1) is 18.9. The number of carbonyl (C=O) groups is 3. The number of aromatic amines is 1. The van der Waals surface area contributed by atoms with Crippen LogP contribution in [0.15, 0.2) is 24.3 Å². The number of Topliss-reactive ketones (excluding diaryl/α,β-unsaturated/α-hetero) is 2. The standard InChI is InChI=1S/C21H25N3O3/c1-11-18(14(4)25)12(2)23-19(11)20(26)13(3)22-17-7-5-6-15(10-17)21(27)24-16-8-9-16/h5-7,10,13,16,22-23H,8-9H2,1-4H3,(H,24,27)/t13-/m1/s1. The smallest absolute Gasteiger partial charge is 0.251 e. The molecule has 1 heterocycles. The van der Waals surface area contributed by atoms with E-state index in [2.05, 4.69) is 15.6 Å². The van der Waals surface area contributed by atoms with Gasteiger partial charge >= 0.3 is 0 Å². The molecule has 0 radical (unpaired) electrons. The molecule has 6 heteroatoms. The van der Waals surface area contributed by atoms with Gasteiger partial charge in [0.25, 0.3) is 5.91 Å². The minimum Gasteiger partial charge on any atom is -0.375 e. The Bertz CT molecular complexity index is 909. The second kappa shape index (κ2) is 7.39. The topological polar surface area (TPSA) is 91.1 Å². The van der Waals surface area contributed by atoms with Crippen molar-refractivity contribution in [2.45, 2.75) is 52.6 Å². The molecular weight excluding hydrogens is 342 g/mol. The molecule has 0 bridgehead atoms. The van der Waals surface area contributed by atoms with E-state index in [1.165, 1.54) is 6.92 Å². The van der Waals surface area contributed by atoms with Gasteiger partial charge in [0.1, 0.15) is 0 Å². The Balaban J connectivity index is 1.74. The molecule has 0 saturated heterocycles. The van der Waals surface area contributed by atoms with Crippen LogP contribution in [0.2, 0.25) is 0 Å². The van der Waals surface area contributed by atoms with Gasteiger partial charge in [-0.3, -0.25) is 14.4 Å². The molecule has 3 rings (SSSR count). The van der Waals surface area contributed by atoms with E-state index in [0.29, 0.717) is 39.8 Å². The zero-order chi connectivity index (χ0) is 19.7. The quantitative estimate of drug-likeness (QED) is 0.654. The third kappa shape index (κ3) is 4.10. The van der Waals surface area contributed by atoms with Crippen LogP contribution in [0.3, 0.4) is 0 Å². The van der Waals surface area contributed by atoms with Gasteiger partial charge < -0.3 is 15.6 Å². The highest BCUT2D eigenvalue weighted by atomic mass is 16.2. The second-order valence-electron chi connectivity index (χ2n) is 7.24. The molecule has 1 aromatic heterocycles. The van der Waals surface area contributed by atoms with Gasteiger partial charge in [0.2, 0.25) is 5.78 Å². The summed E-state index contributed by atoms with van der Waals surface area (Å²) in [4.78, 5) is 39.9. The van der Waals surface area contributed by atoms with E-state index in [4.69, 9.17) is 0 Å². The first-order chi connectivity index (χ1) is 12.8. The average Bonchev–Trinajstić information content (AvgIpc) is 3.37. The molecule has 1 fully saturated rings. The van der Waals surface area contributed by atoms with Crippen LogP contribution in [0.25, 0.3) is 0 Å². The molecule has 0 spiro atoms. The molecule has 0 aliphatic heterocycles. The normalized spacial score (nSPS) is 14.5. The van der Waals surface area contributed by atoms with Crippen LogP contribution in [-0.4, -0.2) is 34.5 Å². The molecule has 1 aromatic carbocycles. The van der Waals surface area contributed by atoms with E-state index in [-0.39, 0.29) is 17.5 Å². The second-order valence-corrected chi connectivity index (χ2v) is 7.24. The summed E-state index contributed by atoms with van der Waals surface area (Å²) >= 11 is 0.